The zero-order valence-corrected chi connectivity index (χ0v) is 17.1. The first-order valence-electron chi connectivity index (χ1n) is 10.7. The van der Waals surface area contributed by atoms with Gasteiger partial charge in [0.2, 0.25) is 0 Å². The number of nitrogens with zero attached hydrogens (tertiary/aromatic N) is 2. The van der Waals surface area contributed by atoms with Crippen molar-refractivity contribution in [2.24, 2.45) is 5.10 Å². The first kappa shape index (κ1) is 19.7. The Bertz CT molecular complexity index is 822. The molecule has 1 N–H and O–H groups in total. The maximum Gasteiger partial charge on any atom is 0.298 e. The van der Waals surface area contributed by atoms with E-state index < -0.39 is 0 Å². The number of benzene rings is 1. The molecular weight excluding hydrogens is 366 g/mol. The number of likely N-dealkylation sites (tertiary alicyclic amines) is 1. The Morgan fingerprint density at radius 2 is 1.86 bits per heavy atom. The van der Waals surface area contributed by atoms with E-state index in [0.29, 0.717) is 13.0 Å². The molecular formula is C23H30N3O3+. The van der Waals surface area contributed by atoms with Gasteiger partial charge in [0.1, 0.15) is 17.6 Å². The zero-order valence-electron chi connectivity index (χ0n) is 17.1. The van der Waals surface area contributed by atoms with Gasteiger partial charge in [0, 0.05) is 6.42 Å². The van der Waals surface area contributed by atoms with Crippen LogP contribution in [0.25, 0.3) is 0 Å². The van der Waals surface area contributed by atoms with Crippen LogP contribution in [0.15, 0.2) is 52.2 Å². The molecule has 2 aliphatic rings. The van der Waals surface area contributed by atoms with E-state index in [2.05, 4.69) is 0 Å². The number of furan rings is 1. The van der Waals surface area contributed by atoms with Gasteiger partial charge in [-0.15, -0.1) is 0 Å². The van der Waals surface area contributed by atoms with Gasteiger partial charge in [0.25, 0.3) is 5.91 Å². The number of quaternary nitrogens is 1. The molecule has 29 heavy (non-hydrogen) atoms. The van der Waals surface area contributed by atoms with Gasteiger partial charge < -0.3 is 14.1 Å². The van der Waals surface area contributed by atoms with Gasteiger partial charge in [0.15, 0.2) is 6.54 Å². The lowest BCUT2D eigenvalue weighted by atomic mass is 10.0. The molecule has 1 aromatic carbocycles. The average Bonchev–Trinajstić information content (AvgIpc) is 3.39. The molecule has 1 aromatic heterocycles. The predicted octanol–water partition coefficient (Wildman–Crippen LogP) is 2.81. The van der Waals surface area contributed by atoms with E-state index in [1.165, 1.54) is 37.0 Å². The highest BCUT2D eigenvalue weighted by atomic mass is 16.5. The van der Waals surface area contributed by atoms with Gasteiger partial charge in [-0.3, -0.25) is 4.79 Å². The molecule has 1 amide bonds. The fourth-order valence-electron chi connectivity index (χ4n) is 4.28. The summed E-state index contributed by atoms with van der Waals surface area (Å²) in [7, 11) is 1.66. The molecule has 0 saturated carbocycles. The number of rotatable bonds is 5. The van der Waals surface area contributed by atoms with Crippen LogP contribution in [0.2, 0.25) is 0 Å². The second-order valence-electron chi connectivity index (χ2n) is 7.94. The Hall–Kier alpha value is -2.60. The number of methoxy groups -OCH3 is 1. The van der Waals surface area contributed by atoms with Crippen molar-refractivity contribution in [3.63, 3.8) is 0 Å². The SMILES string of the molecule is COc1ccc(C2=NN(C(=O)C[NH+]3CCCCCCC3)[C@@H](c3ccco3)C2)cc1. The number of ether oxygens (including phenoxy) is 1. The van der Waals surface area contributed by atoms with Crippen LogP contribution in [0.4, 0.5) is 0 Å². The molecule has 0 unspecified atom stereocenters. The third-order valence-electron chi connectivity index (χ3n) is 5.92. The van der Waals surface area contributed by atoms with E-state index in [1.54, 1.807) is 18.4 Å². The molecule has 6 nitrogen and oxygen atoms in total. The molecule has 1 fully saturated rings. The van der Waals surface area contributed by atoms with Gasteiger partial charge in [-0.1, -0.05) is 6.42 Å². The predicted molar refractivity (Wildman–Crippen MR) is 111 cm³/mol. The van der Waals surface area contributed by atoms with Crippen molar-refractivity contribution in [3.8, 4) is 5.75 Å². The normalized spacial score (nSPS) is 20.8. The van der Waals surface area contributed by atoms with Crippen molar-refractivity contribution in [2.75, 3.05) is 26.7 Å². The number of hydrogen-bond donors (Lipinski definition) is 1. The maximum atomic E-state index is 13.2. The number of hydrazone groups is 1. The van der Waals surface area contributed by atoms with Crippen LogP contribution in [-0.4, -0.2) is 43.4 Å². The summed E-state index contributed by atoms with van der Waals surface area (Å²) in [6, 6.07) is 11.5. The van der Waals surface area contributed by atoms with Crippen LogP contribution in [0, 0.1) is 0 Å². The summed E-state index contributed by atoms with van der Waals surface area (Å²) in [5, 5.41) is 6.40. The molecule has 1 saturated heterocycles. The van der Waals surface area contributed by atoms with Crippen molar-refractivity contribution in [1.82, 2.24) is 5.01 Å². The van der Waals surface area contributed by atoms with E-state index in [1.807, 2.05) is 36.4 Å². The fraction of sp³-hybridized carbons (Fsp3) is 0.478. The smallest absolute Gasteiger partial charge is 0.298 e. The third kappa shape index (κ3) is 4.70. The van der Waals surface area contributed by atoms with Gasteiger partial charge in [-0.25, -0.2) is 5.01 Å². The molecule has 0 radical (unpaired) electrons. The van der Waals surface area contributed by atoms with Crippen LogP contribution >= 0.6 is 0 Å². The third-order valence-corrected chi connectivity index (χ3v) is 5.92. The lowest BCUT2D eigenvalue weighted by Crippen LogP contribution is -3.13. The van der Waals surface area contributed by atoms with E-state index in [4.69, 9.17) is 14.3 Å². The summed E-state index contributed by atoms with van der Waals surface area (Å²) in [6.07, 6.45) is 8.58. The molecule has 2 aliphatic heterocycles. The first-order chi connectivity index (χ1) is 14.2. The quantitative estimate of drug-likeness (QED) is 0.846. The Kier molecular flexibility index (Phi) is 6.30. The van der Waals surface area contributed by atoms with Crippen molar-refractivity contribution in [3.05, 3.63) is 54.0 Å². The fourth-order valence-corrected chi connectivity index (χ4v) is 4.28. The number of carbonyl (C=O) groups excluding carboxylic acids is 1. The van der Waals surface area contributed by atoms with E-state index >= 15 is 0 Å². The average molecular weight is 397 g/mol. The maximum absolute atomic E-state index is 13.2. The highest BCUT2D eigenvalue weighted by Crippen LogP contribution is 2.33. The van der Waals surface area contributed by atoms with Crippen molar-refractivity contribution in [1.29, 1.82) is 0 Å². The molecule has 1 atom stereocenters. The highest BCUT2D eigenvalue weighted by molar-refractivity contribution is 6.03. The zero-order chi connectivity index (χ0) is 20.1. The van der Waals surface area contributed by atoms with Crippen molar-refractivity contribution in [2.45, 2.75) is 44.6 Å². The number of amides is 1. The summed E-state index contributed by atoms with van der Waals surface area (Å²) < 4.78 is 10.9. The molecule has 0 bridgehead atoms. The minimum absolute atomic E-state index is 0.0745. The highest BCUT2D eigenvalue weighted by Gasteiger charge is 2.36. The Morgan fingerprint density at radius 1 is 1.14 bits per heavy atom. The van der Waals surface area contributed by atoms with Crippen LogP contribution in [-0.2, 0) is 4.79 Å². The summed E-state index contributed by atoms with van der Waals surface area (Å²) >= 11 is 0. The summed E-state index contributed by atoms with van der Waals surface area (Å²) in [5.74, 6) is 1.67. The van der Waals surface area contributed by atoms with E-state index in [0.717, 1.165) is 35.9 Å². The number of carbonyl (C=O) groups is 1. The summed E-state index contributed by atoms with van der Waals surface area (Å²) in [4.78, 5) is 14.6. The van der Waals surface area contributed by atoms with Gasteiger partial charge in [-0.05, 0) is 67.6 Å². The minimum atomic E-state index is -0.177. The second-order valence-corrected chi connectivity index (χ2v) is 7.94. The van der Waals surface area contributed by atoms with E-state index in [9.17, 15) is 4.79 Å². The van der Waals surface area contributed by atoms with Crippen molar-refractivity contribution >= 4 is 11.6 Å². The summed E-state index contributed by atoms with van der Waals surface area (Å²) in [6.45, 7) is 2.64. The van der Waals surface area contributed by atoms with Crippen LogP contribution < -0.4 is 9.64 Å². The Labute approximate surface area is 172 Å². The monoisotopic (exact) mass is 396 g/mol. The molecule has 2 aromatic rings. The van der Waals surface area contributed by atoms with Gasteiger partial charge in [0.05, 0.1) is 32.2 Å². The van der Waals surface area contributed by atoms with Crippen LogP contribution in [0.5, 0.6) is 5.75 Å². The lowest BCUT2D eigenvalue weighted by Gasteiger charge is -2.25. The Morgan fingerprint density at radius 3 is 2.52 bits per heavy atom. The first-order valence-corrected chi connectivity index (χ1v) is 10.7. The van der Waals surface area contributed by atoms with Crippen LogP contribution in [0.3, 0.4) is 0 Å². The lowest BCUT2D eigenvalue weighted by molar-refractivity contribution is -0.893. The van der Waals surface area contributed by atoms with Gasteiger partial charge >= 0.3 is 0 Å². The van der Waals surface area contributed by atoms with Crippen LogP contribution in [0.1, 0.15) is 55.9 Å². The largest absolute Gasteiger partial charge is 0.497 e. The number of hydrogen-bond acceptors (Lipinski definition) is 4. The Balaban J connectivity index is 1.53. The minimum Gasteiger partial charge on any atom is -0.497 e. The molecule has 4 rings (SSSR count). The molecule has 6 heteroatoms. The van der Waals surface area contributed by atoms with E-state index in [-0.39, 0.29) is 11.9 Å². The molecule has 3 heterocycles. The molecule has 154 valence electrons. The van der Waals surface area contributed by atoms with Gasteiger partial charge in [-0.2, -0.15) is 5.10 Å². The molecule has 0 aliphatic carbocycles. The van der Waals surface area contributed by atoms with Crippen molar-refractivity contribution < 1.29 is 18.8 Å². The standard InChI is InChI=1S/C23H29N3O3/c1-28-19-11-9-18(10-12-19)20-16-21(22-8-7-15-29-22)26(24-20)23(27)17-25-13-5-3-2-4-6-14-25/h7-12,15,21H,2-6,13-14,16-17H2,1H3/p+1/t21-/m1/s1. The summed E-state index contributed by atoms with van der Waals surface area (Å²) in [5.41, 5.74) is 1.92. The second kappa shape index (κ2) is 9.27. The molecule has 0 spiro atoms. The topological polar surface area (TPSA) is 59.5 Å². The number of nitrogens with one attached hydrogen (secondary N) is 1.